The first kappa shape index (κ1) is 11.4. The van der Waals surface area contributed by atoms with Crippen molar-refractivity contribution in [2.75, 3.05) is 32.7 Å². The van der Waals surface area contributed by atoms with Crippen LogP contribution in [0.4, 0.5) is 0 Å². The lowest BCUT2D eigenvalue weighted by molar-refractivity contribution is 0.244. The molecule has 1 N–H and O–H groups in total. The third-order valence-electron chi connectivity index (χ3n) is 2.86. The standard InChI is InChI=1S/C11H17ClN2S/c1-9-8-11(12)15-10(9)2-5-14-6-3-13-4-7-14/h8,13H,2-7H2,1H3. The SMILES string of the molecule is Cc1cc(Cl)sc1CCN1CCNCC1. The fourth-order valence-corrected chi connectivity index (χ4v) is 3.25. The van der Waals surface area contributed by atoms with Gasteiger partial charge in [0, 0.05) is 37.6 Å². The van der Waals surface area contributed by atoms with Crippen LogP contribution in [0.3, 0.4) is 0 Å². The van der Waals surface area contributed by atoms with Crippen molar-refractivity contribution in [3.8, 4) is 0 Å². The summed E-state index contributed by atoms with van der Waals surface area (Å²) in [7, 11) is 0. The predicted octanol–water partition coefficient (Wildman–Crippen LogP) is 2.16. The van der Waals surface area contributed by atoms with Crippen LogP contribution in [0.5, 0.6) is 0 Å². The minimum Gasteiger partial charge on any atom is -0.314 e. The molecule has 1 aromatic rings. The van der Waals surface area contributed by atoms with Gasteiger partial charge in [0.15, 0.2) is 0 Å². The van der Waals surface area contributed by atoms with Gasteiger partial charge in [-0.05, 0) is 25.0 Å². The highest BCUT2D eigenvalue weighted by Crippen LogP contribution is 2.26. The number of hydrogen-bond acceptors (Lipinski definition) is 3. The molecule has 0 aromatic carbocycles. The largest absolute Gasteiger partial charge is 0.314 e. The summed E-state index contributed by atoms with van der Waals surface area (Å²) < 4.78 is 0.919. The van der Waals surface area contributed by atoms with Crippen LogP contribution in [0.25, 0.3) is 0 Å². The van der Waals surface area contributed by atoms with Crippen molar-refractivity contribution in [2.24, 2.45) is 0 Å². The van der Waals surface area contributed by atoms with E-state index < -0.39 is 0 Å². The van der Waals surface area contributed by atoms with Crippen molar-refractivity contribution >= 4 is 22.9 Å². The predicted molar refractivity (Wildman–Crippen MR) is 67.1 cm³/mol. The van der Waals surface area contributed by atoms with E-state index in [1.54, 1.807) is 11.3 Å². The maximum Gasteiger partial charge on any atom is 0.0933 e. The summed E-state index contributed by atoms with van der Waals surface area (Å²) in [6.07, 6.45) is 1.14. The summed E-state index contributed by atoms with van der Waals surface area (Å²) in [6.45, 7) is 7.93. The van der Waals surface area contributed by atoms with Gasteiger partial charge in [0.1, 0.15) is 0 Å². The van der Waals surface area contributed by atoms with Crippen molar-refractivity contribution in [1.82, 2.24) is 10.2 Å². The number of hydrogen-bond donors (Lipinski definition) is 1. The van der Waals surface area contributed by atoms with Gasteiger partial charge < -0.3 is 10.2 Å². The Kier molecular flexibility index (Phi) is 4.03. The Morgan fingerprint density at radius 2 is 2.20 bits per heavy atom. The first-order valence-corrected chi connectivity index (χ1v) is 6.63. The lowest BCUT2D eigenvalue weighted by atomic mass is 10.2. The summed E-state index contributed by atoms with van der Waals surface area (Å²) in [5.74, 6) is 0. The molecule has 1 saturated heterocycles. The monoisotopic (exact) mass is 244 g/mol. The van der Waals surface area contributed by atoms with Crippen molar-refractivity contribution in [3.63, 3.8) is 0 Å². The van der Waals surface area contributed by atoms with E-state index in [0.29, 0.717) is 0 Å². The summed E-state index contributed by atoms with van der Waals surface area (Å²) in [4.78, 5) is 3.96. The molecule has 4 heteroatoms. The average Bonchev–Trinajstić information content (AvgIpc) is 2.56. The third kappa shape index (κ3) is 3.18. The first-order valence-electron chi connectivity index (χ1n) is 5.43. The van der Waals surface area contributed by atoms with Crippen LogP contribution in [0.2, 0.25) is 4.34 Å². The van der Waals surface area contributed by atoms with Gasteiger partial charge in [-0.25, -0.2) is 0 Å². The Morgan fingerprint density at radius 3 is 2.80 bits per heavy atom. The maximum atomic E-state index is 5.98. The van der Waals surface area contributed by atoms with Crippen molar-refractivity contribution in [2.45, 2.75) is 13.3 Å². The molecule has 0 radical (unpaired) electrons. The number of aryl methyl sites for hydroxylation is 1. The second-order valence-electron chi connectivity index (χ2n) is 4.00. The fraction of sp³-hybridized carbons (Fsp3) is 0.636. The zero-order valence-electron chi connectivity index (χ0n) is 9.05. The Hall–Kier alpha value is -0.0900. The molecule has 2 heterocycles. The van der Waals surface area contributed by atoms with Crippen LogP contribution in [0.1, 0.15) is 10.4 Å². The normalized spacial score (nSPS) is 18.3. The van der Waals surface area contributed by atoms with Gasteiger partial charge in [0.05, 0.1) is 4.34 Å². The summed E-state index contributed by atoms with van der Waals surface area (Å²) in [6, 6.07) is 2.07. The van der Waals surface area contributed by atoms with Gasteiger partial charge >= 0.3 is 0 Å². The molecule has 2 rings (SSSR count). The second kappa shape index (κ2) is 5.30. The van der Waals surface area contributed by atoms with Crippen LogP contribution < -0.4 is 5.32 Å². The van der Waals surface area contributed by atoms with E-state index in [-0.39, 0.29) is 0 Å². The molecular formula is C11H17ClN2S. The van der Waals surface area contributed by atoms with E-state index in [1.807, 2.05) is 0 Å². The van der Waals surface area contributed by atoms with Gasteiger partial charge in [-0.3, -0.25) is 0 Å². The molecule has 84 valence electrons. The van der Waals surface area contributed by atoms with Crippen LogP contribution >= 0.6 is 22.9 Å². The highest BCUT2D eigenvalue weighted by Gasteiger charge is 2.10. The lowest BCUT2D eigenvalue weighted by Crippen LogP contribution is -2.44. The van der Waals surface area contributed by atoms with Gasteiger partial charge in [-0.2, -0.15) is 0 Å². The topological polar surface area (TPSA) is 15.3 Å². The quantitative estimate of drug-likeness (QED) is 0.877. The molecule has 1 aromatic heterocycles. The third-order valence-corrected chi connectivity index (χ3v) is 4.28. The minimum absolute atomic E-state index is 0.919. The van der Waals surface area contributed by atoms with E-state index in [4.69, 9.17) is 11.6 Å². The average molecular weight is 245 g/mol. The molecule has 0 spiro atoms. The number of rotatable bonds is 3. The molecular weight excluding hydrogens is 228 g/mol. The zero-order chi connectivity index (χ0) is 10.7. The number of nitrogens with one attached hydrogen (secondary N) is 1. The minimum atomic E-state index is 0.919. The van der Waals surface area contributed by atoms with Gasteiger partial charge in [-0.1, -0.05) is 11.6 Å². The molecule has 0 bridgehead atoms. The molecule has 1 fully saturated rings. The van der Waals surface area contributed by atoms with E-state index in [0.717, 1.165) is 23.8 Å². The molecule has 15 heavy (non-hydrogen) atoms. The van der Waals surface area contributed by atoms with Crippen molar-refractivity contribution in [1.29, 1.82) is 0 Å². The van der Waals surface area contributed by atoms with Gasteiger partial charge in [-0.15, -0.1) is 11.3 Å². The van der Waals surface area contributed by atoms with E-state index in [9.17, 15) is 0 Å². The van der Waals surface area contributed by atoms with Gasteiger partial charge in [0.25, 0.3) is 0 Å². The van der Waals surface area contributed by atoms with Crippen molar-refractivity contribution < 1.29 is 0 Å². The molecule has 0 atom stereocenters. The van der Waals surface area contributed by atoms with Crippen LogP contribution in [0, 0.1) is 6.92 Å². The lowest BCUT2D eigenvalue weighted by Gasteiger charge is -2.26. The Bertz CT molecular complexity index is 318. The van der Waals surface area contributed by atoms with Gasteiger partial charge in [0.2, 0.25) is 0 Å². The number of halogens is 1. The summed E-state index contributed by atoms with van der Waals surface area (Å²) in [5, 5.41) is 3.37. The van der Waals surface area contributed by atoms with Crippen LogP contribution in [-0.4, -0.2) is 37.6 Å². The smallest absolute Gasteiger partial charge is 0.0933 e. The van der Waals surface area contributed by atoms with Crippen LogP contribution in [0.15, 0.2) is 6.07 Å². The second-order valence-corrected chi connectivity index (χ2v) is 5.77. The zero-order valence-corrected chi connectivity index (χ0v) is 10.6. The molecule has 1 aliphatic rings. The Labute approximate surface area is 100 Å². The van der Waals surface area contributed by atoms with E-state index in [1.165, 1.54) is 30.1 Å². The van der Waals surface area contributed by atoms with E-state index >= 15 is 0 Å². The molecule has 0 saturated carbocycles. The molecule has 1 aliphatic heterocycles. The molecule has 0 unspecified atom stereocenters. The highest BCUT2D eigenvalue weighted by atomic mass is 35.5. The molecule has 2 nitrogen and oxygen atoms in total. The summed E-state index contributed by atoms with van der Waals surface area (Å²) >= 11 is 7.71. The first-order chi connectivity index (χ1) is 7.25. The molecule has 0 amide bonds. The van der Waals surface area contributed by atoms with Crippen molar-refractivity contribution in [3.05, 3.63) is 20.8 Å². The number of piperazine rings is 1. The van der Waals surface area contributed by atoms with Crippen LogP contribution in [-0.2, 0) is 6.42 Å². The molecule has 0 aliphatic carbocycles. The number of thiophene rings is 1. The van der Waals surface area contributed by atoms with E-state index in [2.05, 4.69) is 23.2 Å². The maximum absolute atomic E-state index is 5.98. The fourth-order valence-electron chi connectivity index (χ4n) is 1.92. The Balaban J connectivity index is 1.84. The number of nitrogens with zero attached hydrogens (tertiary/aromatic N) is 1. The Morgan fingerprint density at radius 1 is 1.47 bits per heavy atom. The highest BCUT2D eigenvalue weighted by molar-refractivity contribution is 7.16. The summed E-state index contributed by atoms with van der Waals surface area (Å²) in [5.41, 5.74) is 1.35.